The first-order valence-corrected chi connectivity index (χ1v) is 6.96. The van der Waals surface area contributed by atoms with E-state index in [1.54, 1.807) is 0 Å². The average molecular weight is 278 g/mol. The molecule has 0 radical (unpaired) electrons. The Morgan fingerprint density at radius 1 is 1.26 bits per heavy atom. The lowest BCUT2D eigenvalue weighted by molar-refractivity contribution is -0.169. The van der Waals surface area contributed by atoms with Crippen LogP contribution in [0.4, 0.5) is 0 Å². The van der Waals surface area contributed by atoms with Gasteiger partial charge in [0.25, 0.3) is 0 Å². The van der Waals surface area contributed by atoms with E-state index >= 15 is 0 Å². The Labute approximate surface area is 117 Å². The second-order valence-electron chi connectivity index (χ2n) is 4.77. The first kappa shape index (κ1) is 12.9. The fourth-order valence-corrected chi connectivity index (χ4v) is 2.44. The summed E-state index contributed by atoms with van der Waals surface area (Å²) in [5.74, 6) is 0. The van der Waals surface area contributed by atoms with Gasteiger partial charge in [-0.3, -0.25) is 4.98 Å². The van der Waals surface area contributed by atoms with E-state index in [-0.39, 0.29) is 6.29 Å². The van der Waals surface area contributed by atoms with Crippen molar-refractivity contribution in [2.75, 3.05) is 6.61 Å². The lowest BCUT2D eigenvalue weighted by atomic mass is 10.1. The zero-order chi connectivity index (χ0) is 13.1. The fourth-order valence-electron chi connectivity index (χ4n) is 2.26. The molecule has 0 saturated carbocycles. The van der Waals surface area contributed by atoms with Gasteiger partial charge in [-0.1, -0.05) is 17.7 Å². The Balaban J connectivity index is 1.70. The van der Waals surface area contributed by atoms with Gasteiger partial charge in [0, 0.05) is 23.2 Å². The van der Waals surface area contributed by atoms with Crippen LogP contribution in [0.2, 0.25) is 5.02 Å². The molecule has 3 nitrogen and oxygen atoms in total. The number of benzene rings is 1. The Bertz CT molecular complexity index is 567. The summed E-state index contributed by atoms with van der Waals surface area (Å²) in [5, 5.41) is 2.91. The lowest BCUT2D eigenvalue weighted by Gasteiger charge is -2.22. The molecule has 2 heterocycles. The van der Waals surface area contributed by atoms with E-state index in [1.807, 2.05) is 30.5 Å². The Kier molecular flexibility index (Phi) is 3.97. The highest BCUT2D eigenvalue weighted by Gasteiger charge is 2.14. The van der Waals surface area contributed by atoms with E-state index in [2.05, 4.69) is 4.98 Å². The van der Waals surface area contributed by atoms with Gasteiger partial charge in [-0.25, -0.2) is 0 Å². The molecule has 19 heavy (non-hydrogen) atoms. The molecule has 1 aromatic heterocycles. The van der Waals surface area contributed by atoms with E-state index < -0.39 is 0 Å². The molecule has 0 N–H and O–H groups in total. The number of pyridine rings is 1. The normalized spacial score (nSPS) is 19.7. The second-order valence-corrected chi connectivity index (χ2v) is 5.21. The van der Waals surface area contributed by atoms with Crippen LogP contribution in [0.5, 0.6) is 0 Å². The van der Waals surface area contributed by atoms with Crippen LogP contribution in [-0.4, -0.2) is 17.9 Å². The van der Waals surface area contributed by atoms with Crippen LogP contribution >= 0.6 is 11.6 Å². The monoisotopic (exact) mass is 277 g/mol. The van der Waals surface area contributed by atoms with Crippen LogP contribution in [0, 0.1) is 0 Å². The van der Waals surface area contributed by atoms with E-state index in [0.29, 0.717) is 6.61 Å². The molecule has 2 aromatic rings. The highest BCUT2D eigenvalue weighted by molar-refractivity contribution is 6.31. The molecule has 0 amide bonds. The molecule has 0 spiro atoms. The summed E-state index contributed by atoms with van der Waals surface area (Å²) in [5.41, 5.74) is 0.906. The van der Waals surface area contributed by atoms with Crippen molar-refractivity contribution in [3.05, 3.63) is 41.2 Å². The number of aromatic nitrogens is 1. The van der Waals surface area contributed by atoms with Crippen LogP contribution in [0.15, 0.2) is 30.5 Å². The van der Waals surface area contributed by atoms with Gasteiger partial charge in [0.1, 0.15) is 0 Å². The summed E-state index contributed by atoms with van der Waals surface area (Å²) < 4.78 is 11.3. The zero-order valence-electron chi connectivity index (χ0n) is 10.6. The third kappa shape index (κ3) is 3.24. The minimum absolute atomic E-state index is 0.0781. The van der Waals surface area contributed by atoms with Crippen molar-refractivity contribution < 1.29 is 9.47 Å². The van der Waals surface area contributed by atoms with E-state index in [4.69, 9.17) is 21.1 Å². The average Bonchev–Trinajstić information content (AvgIpc) is 2.46. The predicted octanol–water partition coefficient (Wildman–Crippen LogP) is 3.93. The molecule has 1 saturated heterocycles. The van der Waals surface area contributed by atoms with Gasteiger partial charge in [0.2, 0.25) is 0 Å². The molecule has 1 aliphatic rings. The Morgan fingerprint density at radius 2 is 2.21 bits per heavy atom. The molecular weight excluding hydrogens is 262 g/mol. The number of fused-ring (bicyclic) bond motifs is 1. The second kappa shape index (κ2) is 5.87. The maximum absolute atomic E-state index is 6.00. The lowest BCUT2D eigenvalue weighted by Crippen LogP contribution is -2.22. The summed E-state index contributed by atoms with van der Waals surface area (Å²) in [4.78, 5) is 4.40. The van der Waals surface area contributed by atoms with E-state index in [0.717, 1.165) is 40.9 Å². The minimum atomic E-state index is -0.0781. The third-order valence-corrected chi connectivity index (χ3v) is 3.53. The summed E-state index contributed by atoms with van der Waals surface area (Å²) in [6, 6.07) is 7.81. The standard InChI is InChI=1S/C15H16ClNO2/c16-13-5-4-11-9-17-14(8-12(11)7-13)10-19-15-3-1-2-6-18-15/h4-5,7-9,15H,1-3,6,10H2. The topological polar surface area (TPSA) is 31.4 Å². The molecule has 1 fully saturated rings. The summed E-state index contributed by atoms with van der Waals surface area (Å²) >= 11 is 6.00. The molecule has 4 heteroatoms. The molecule has 1 unspecified atom stereocenters. The van der Waals surface area contributed by atoms with Gasteiger partial charge in [0.05, 0.1) is 12.3 Å². The highest BCUT2D eigenvalue weighted by Crippen LogP contribution is 2.20. The first-order chi connectivity index (χ1) is 9.31. The first-order valence-electron chi connectivity index (χ1n) is 6.59. The fraction of sp³-hybridized carbons (Fsp3) is 0.400. The van der Waals surface area contributed by atoms with Crippen molar-refractivity contribution in [1.82, 2.24) is 4.98 Å². The van der Waals surface area contributed by atoms with Crippen molar-refractivity contribution in [3.8, 4) is 0 Å². The van der Waals surface area contributed by atoms with Gasteiger partial charge in [0.15, 0.2) is 6.29 Å². The smallest absolute Gasteiger partial charge is 0.158 e. The summed E-state index contributed by atoms with van der Waals surface area (Å²) in [7, 11) is 0. The number of rotatable bonds is 3. The number of nitrogens with zero attached hydrogens (tertiary/aromatic N) is 1. The van der Waals surface area contributed by atoms with Gasteiger partial charge in [-0.05, 0) is 42.8 Å². The molecule has 100 valence electrons. The van der Waals surface area contributed by atoms with Crippen molar-refractivity contribution in [2.24, 2.45) is 0 Å². The maximum atomic E-state index is 6.00. The molecule has 3 rings (SSSR count). The maximum Gasteiger partial charge on any atom is 0.158 e. The third-order valence-electron chi connectivity index (χ3n) is 3.30. The minimum Gasteiger partial charge on any atom is -0.353 e. The number of hydrogen-bond acceptors (Lipinski definition) is 3. The van der Waals surface area contributed by atoms with E-state index in [9.17, 15) is 0 Å². The van der Waals surface area contributed by atoms with Crippen molar-refractivity contribution in [1.29, 1.82) is 0 Å². The molecule has 1 aromatic carbocycles. The van der Waals surface area contributed by atoms with Crippen LogP contribution in [0.25, 0.3) is 10.8 Å². The Hall–Kier alpha value is -1.16. The van der Waals surface area contributed by atoms with Crippen LogP contribution in [0.1, 0.15) is 25.0 Å². The molecule has 1 atom stereocenters. The van der Waals surface area contributed by atoms with Crippen LogP contribution < -0.4 is 0 Å². The van der Waals surface area contributed by atoms with Crippen molar-refractivity contribution in [3.63, 3.8) is 0 Å². The molecule has 0 aliphatic carbocycles. The molecule has 0 bridgehead atoms. The van der Waals surface area contributed by atoms with Crippen LogP contribution in [0.3, 0.4) is 0 Å². The quantitative estimate of drug-likeness (QED) is 0.852. The van der Waals surface area contributed by atoms with E-state index in [1.165, 1.54) is 6.42 Å². The van der Waals surface area contributed by atoms with Crippen molar-refractivity contribution >= 4 is 22.4 Å². The summed E-state index contributed by atoms with van der Waals surface area (Å²) in [6.45, 7) is 1.28. The largest absolute Gasteiger partial charge is 0.353 e. The number of ether oxygens (including phenoxy) is 2. The molecular formula is C15H16ClNO2. The summed E-state index contributed by atoms with van der Waals surface area (Å²) in [6.07, 6.45) is 5.05. The number of halogens is 1. The predicted molar refractivity (Wildman–Crippen MR) is 75.1 cm³/mol. The van der Waals surface area contributed by atoms with Gasteiger partial charge in [-0.15, -0.1) is 0 Å². The Morgan fingerprint density at radius 3 is 3.05 bits per heavy atom. The zero-order valence-corrected chi connectivity index (χ0v) is 11.4. The molecule has 1 aliphatic heterocycles. The highest BCUT2D eigenvalue weighted by atomic mass is 35.5. The van der Waals surface area contributed by atoms with Gasteiger partial charge < -0.3 is 9.47 Å². The SMILES string of the molecule is Clc1ccc2cnc(COC3CCCCO3)cc2c1. The van der Waals surface area contributed by atoms with Crippen molar-refractivity contribution in [2.45, 2.75) is 32.2 Å². The van der Waals surface area contributed by atoms with Gasteiger partial charge >= 0.3 is 0 Å². The van der Waals surface area contributed by atoms with Crippen LogP contribution in [-0.2, 0) is 16.1 Å². The van der Waals surface area contributed by atoms with Gasteiger partial charge in [-0.2, -0.15) is 0 Å². The number of hydrogen-bond donors (Lipinski definition) is 0.